The molecule has 0 bridgehead atoms. The van der Waals surface area contributed by atoms with Gasteiger partial charge in [0.05, 0.1) is 12.5 Å². The van der Waals surface area contributed by atoms with Gasteiger partial charge in [0.2, 0.25) is 17.6 Å². The first-order valence-electron chi connectivity index (χ1n) is 10.3. The van der Waals surface area contributed by atoms with Crippen LogP contribution < -0.4 is 0 Å². The normalized spacial score (nSPS) is 20.5. The van der Waals surface area contributed by atoms with E-state index >= 15 is 0 Å². The summed E-state index contributed by atoms with van der Waals surface area (Å²) in [5, 5.41) is 4.15. The molecule has 1 aromatic carbocycles. The summed E-state index contributed by atoms with van der Waals surface area (Å²) in [5.41, 5.74) is 3.29. The molecule has 3 aromatic rings. The number of benzene rings is 1. The Morgan fingerprint density at radius 3 is 2.70 bits per heavy atom. The van der Waals surface area contributed by atoms with Crippen molar-refractivity contribution in [2.24, 2.45) is 5.41 Å². The minimum atomic E-state index is 0.0849. The summed E-state index contributed by atoms with van der Waals surface area (Å²) in [7, 11) is 2.09. The minimum absolute atomic E-state index is 0.0849. The number of pyridine rings is 1. The van der Waals surface area contributed by atoms with Gasteiger partial charge in [-0.05, 0) is 43.7 Å². The Morgan fingerprint density at radius 2 is 1.93 bits per heavy atom. The van der Waals surface area contributed by atoms with Gasteiger partial charge in [-0.15, -0.1) is 0 Å². The molecule has 0 saturated carbocycles. The minimum Gasteiger partial charge on any atom is -0.341 e. The van der Waals surface area contributed by atoms with Crippen LogP contribution in [0, 0.1) is 12.3 Å². The largest absolute Gasteiger partial charge is 0.341 e. The molecular weight excluding hydrogens is 378 g/mol. The van der Waals surface area contributed by atoms with Crippen molar-refractivity contribution in [1.29, 1.82) is 0 Å². The second kappa shape index (κ2) is 7.32. The molecule has 1 unspecified atom stereocenters. The average Bonchev–Trinajstić information content (AvgIpc) is 3.34. The predicted molar refractivity (Wildman–Crippen MR) is 111 cm³/mol. The second-order valence-corrected chi connectivity index (χ2v) is 8.68. The topological polar surface area (TPSA) is 75.4 Å². The van der Waals surface area contributed by atoms with E-state index in [0.717, 1.165) is 37.2 Å². The van der Waals surface area contributed by atoms with Gasteiger partial charge in [-0.3, -0.25) is 14.7 Å². The molecule has 1 spiro atoms. The first kappa shape index (κ1) is 18.9. The Morgan fingerprint density at radius 1 is 1.17 bits per heavy atom. The third-order valence-electron chi connectivity index (χ3n) is 6.42. The van der Waals surface area contributed by atoms with Gasteiger partial charge in [-0.1, -0.05) is 29.4 Å². The highest BCUT2D eigenvalue weighted by atomic mass is 16.5. The monoisotopic (exact) mass is 403 g/mol. The van der Waals surface area contributed by atoms with Crippen molar-refractivity contribution in [3.63, 3.8) is 0 Å². The van der Waals surface area contributed by atoms with Crippen LogP contribution in [0.3, 0.4) is 0 Å². The number of hydrogen-bond acceptors (Lipinski definition) is 6. The lowest BCUT2D eigenvalue weighted by molar-refractivity contribution is -0.141. The highest BCUT2D eigenvalue weighted by molar-refractivity contribution is 5.80. The summed E-state index contributed by atoms with van der Waals surface area (Å²) in [6.07, 6.45) is 4.84. The number of aryl methyl sites for hydroxylation is 1. The Hall–Kier alpha value is -3.06. The fraction of sp³-hybridized carbons (Fsp3) is 0.391. The third-order valence-corrected chi connectivity index (χ3v) is 6.42. The Kier molecular flexibility index (Phi) is 4.62. The summed E-state index contributed by atoms with van der Waals surface area (Å²) in [5.74, 6) is 1.44. The molecule has 2 aliphatic heterocycles. The summed E-state index contributed by atoms with van der Waals surface area (Å²) in [6, 6.07) is 11.9. The van der Waals surface area contributed by atoms with E-state index < -0.39 is 0 Å². The zero-order valence-electron chi connectivity index (χ0n) is 17.3. The Labute approximate surface area is 175 Å². The van der Waals surface area contributed by atoms with Crippen LogP contribution in [0.2, 0.25) is 0 Å². The standard InChI is InChI=1S/C23H25N5O2/c1-16-5-3-4-6-18(16)11-20(29)28-14-23(15-28)12-19(27(2)13-23)22-25-21(26-30-22)17-7-9-24-10-8-17/h3-10,19H,11-15H2,1-2H3. The number of amides is 1. The molecular formula is C23H25N5O2. The van der Waals surface area contributed by atoms with E-state index in [4.69, 9.17) is 4.52 Å². The van der Waals surface area contributed by atoms with Gasteiger partial charge in [0.1, 0.15) is 0 Å². The molecule has 0 aliphatic carbocycles. The first-order valence-corrected chi connectivity index (χ1v) is 10.3. The summed E-state index contributed by atoms with van der Waals surface area (Å²) >= 11 is 0. The van der Waals surface area contributed by atoms with E-state index in [1.54, 1.807) is 12.4 Å². The van der Waals surface area contributed by atoms with Crippen LogP contribution in [0.1, 0.15) is 29.5 Å². The Balaban J connectivity index is 1.23. The molecule has 2 aliphatic rings. The molecule has 30 heavy (non-hydrogen) atoms. The highest BCUT2D eigenvalue weighted by Gasteiger charge is 2.53. The van der Waals surface area contributed by atoms with Crippen molar-refractivity contribution in [2.75, 3.05) is 26.7 Å². The number of aromatic nitrogens is 3. The molecule has 2 saturated heterocycles. The fourth-order valence-corrected chi connectivity index (χ4v) is 4.79. The zero-order valence-corrected chi connectivity index (χ0v) is 17.3. The summed E-state index contributed by atoms with van der Waals surface area (Å²) < 4.78 is 5.60. The van der Waals surface area contributed by atoms with Gasteiger partial charge in [-0.25, -0.2) is 0 Å². The van der Waals surface area contributed by atoms with Crippen LogP contribution in [0.25, 0.3) is 11.4 Å². The molecule has 0 N–H and O–H groups in total. The number of nitrogens with zero attached hydrogens (tertiary/aromatic N) is 5. The quantitative estimate of drug-likeness (QED) is 0.667. The van der Waals surface area contributed by atoms with Crippen LogP contribution in [0.4, 0.5) is 0 Å². The van der Waals surface area contributed by atoms with Gasteiger partial charge < -0.3 is 9.42 Å². The molecule has 1 amide bonds. The highest BCUT2D eigenvalue weighted by Crippen LogP contribution is 2.47. The predicted octanol–water partition coefficient (Wildman–Crippen LogP) is 2.89. The van der Waals surface area contributed by atoms with Crippen molar-refractivity contribution in [3.8, 4) is 11.4 Å². The van der Waals surface area contributed by atoms with Gasteiger partial charge in [0, 0.05) is 43.0 Å². The van der Waals surface area contributed by atoms with Crippen molar-refractivity contribution in [1.82, 2.24) is 24.9 Å². The fourth-order valence-electron chi connectivity index (χ4n) is 4.79. The van der Waals surface area contributed by atoms with Crippen molar-refractivity contribution >= 4 is 5.91 Å². The summed E-state index contributed by atoms with van der Waals surface area (Å²) in [4.78, 5) is 25.7. The average molecular weight is 403 g/mol. The molecule has 154 valence electrons. The van der Waals surface area contributed by atoms with Crippen LogP contribution in [0.15, 0.2) is 53.3 Å². The van der Waals surface area contributed by atoms with Gasteiger partial charge in [-0.2, -0.15) is 4.98 Å². The van der Waals surface area contributed by atoms with E-state index in [-0.39, 0.29) is 17.4 Å². The van der Waals surface area contributed by atoms with E-state index in [0.29, 0.717) is 18.1 Å². The number of rotatable bonds is 4. The van der Waals surface area contributed by atoms with Crippen molar-refractivity contribution < 1.29 is 9.32 Å². The molecule has 7 nitrogen and oxygen atoms in total. The maximum absolute atomic E-state index is 12.7. The van der Waals surface area contributed by atoms with Crippen LogP contribution in [-0.2, 0) is 11.2 Å². The second-order valence-electron chi connectivity index (χ2n) is 8.68. The molecule has 4 heterocycles. The summed E-state index contributed by atoms with van der Waals surface area (Å²) in [6.45, 7) is 4.58. The lowest BCUT2D eigenvalue weighted by atomic mass is 9.77. The third kappa shape index (κ3) is 3.39. The molecule has 1 atom stereocenters. The number of carbonyl (C=O) groups excluding carboxylic acids is 1. The zero-order chi connectivity index (χ0) is 20.7. The van der Waals surface area contributed by atoms with Crippen molar-refractivity contribution in [3.05, 3.63) is 65.8 Å². The number of hydrogen-bond donors (Lipinski definition) is 0. The number of carbonyl (C=O) groups is 1. The van der Waals surface area contributed by atoms with Crippen LogP contribution in [0.5, 0.6) is 0 Å². The smallest absolute Gasteiger partial charge is 0.244 e. The Bertz CT molecular complexity index is 1060. The molecule has 5 rings (SSSR count). The van der Waals surface area contributed by atoms with Gasteiger partial charge in [0.15, 0.2) is 0 Å². The lowest BCUT2D eigenvalue weighted by Crippen LogP contribution is -2.59. The maximum Gasteiger partial charge on any atom is 0.244 e. The molecule has 0 radical (unpaired) electrons. The maximum atomic E-state index is 12.7. The van der Waals surface area contributed by atoms with Gasteiger partial charge in [0.25, 0.3) is 0 Å². The van der Waals surface area contributed by atoms with E-state index in [2.05, 4.69) is 40.1 Å². The van der Waals surface area contributed by atoms with Crippen LogP contribution >= 0.6 is 0 Å². The molecule has 7 heteroatoms. The van der Waals surface area contributed by atoms with E-state index in [1.807, 2.05) is 35.2 Å². The molecule has 2 fully saturated rings. The van der Waals surface area contributed by atoms with Gasteiger partial charge >= 0.3 is 0 Å². The SMILES string of the molecule is Cc1ccccc1CC(=O)N1CC2(CC(c3nc(-c4ccncc4)no3)N(C)C2)C1. The van der Waals surface area contributed by atoms with E-state index in [9.17, 15) is 4.79 Å². The first-order chi connectivity index (χ1) is 14.5. The number of likely N-dealkylation sites (tertiary alicyclic amines) is 2. The van der Waals surface area contributed by atoms with E-state index in [1.165, 1.54) is 5.56 Å². The van der Waals surface area contributed by atoms with Crippen molar-refractivity contribution in [2.45, 2.75) is 25.8 Å². The lowest BCUT2D eigenvalue weighted by Gasteiger charge is -2.48. The molecule has 2 aromatic heterocycles. The van der Waals surface area contributed by atoms with Crippen LogP contribution in [-0.4, -0.2) is 57.5 Å².